The van der Waals surface area contributed by atoms with Crippen LogP contribution in [0.25, 0.3) is 0 Å². The Morgan fingerprint density at radius 3 is 2.77 bits per heavy atom. The van der Waals surface area contributed by atoms with E-state index in [1.54, 1.807) is 0 Å². The lowest BCUT2D eigenvalue weighted by atomic mass is 9.95. The maximum absolute atomic E-state index is 12.3. The van der Waals surface area contributed by atoms with Crippen molar-refractivity contribution >= 4 is 17.8 Å². The molecule has 0 aliphatic heterocycles. The number of aromatic nitrogens is 1. The Balaban J connectivity index is 1.91. The predicted octanol–water partition coefficient (Wildman–Crippen LogP) is 3.72. The van der Waals surface area contributed by atoms with E-state index in [0.29, 0.717) is 5.25 Å². The number of aryl methyl sites for hydroxylation is 2. The molecule has 1 aliphatic rings. The van der Waals surface area contributed by atoms with Gasteiger partial charge in [0.05, 0.1) is 11.7 Å². The number of amides is 2. The second kappa shape index (κ2) is 7.90. The average molecular weight is 325 g/mol. The van der Waals surface area contributed by atoms with Gasteiger partial charge in [0, 0.05) is 16.9 Å². The van der Waals surface area contributed by atoms with Crippen LogP contribution in [0.2, 0.25) is 0 Å². The minimum absolute atomic E-state index is 0.0962. The normalized spacial score (nSPS) is 23.1. The van der Waals surface area contributed by atoms with Crippen LogP contribution in [0, 0.1) is 13.8 Å². The van der Waals surface area contributed by atoms with Crippen LogP contribution >= 0.6 is 11.8 Å². The second-order valence-electron chi connectivity index (χ2n) is 5.96. The van der Waals surface area contributed by atoms with Crippen molar-refractivity contribution in [2.45, 2.75) is 70.7 Å². The van der Waals surface area contributed by atoms with E-state index in [9.17, 15) is 4.79 Å². The summed E-state index contributed by atoms with van der Waals surface area (Å²) in [5.74, 6) is 1.86. The molecule has 2 rings (SSSR count). The van der Waals surface area contributed by atoms with Crippen LogP contribution in [0.5, 0.6) is 0 Å². The molecule has 0 spiro atoms. The number of nitrogens with zero attached hydrogens (tertiary/aromatic N) is 1. The van der Waals surface area contributed by atoms with Crippen LogP contribution in [0.3, 0.4) is 0 Å². The van der Waals surface area contributed by atoms with Crippen LogP contribution in [0.1, 0.15) is 62.6 Å². The first-order valence-electron chi connectivity index (χ1n) is 8.14. The first kappa shape index (κ1) is 17.2. The van der Waals surface area contributed by atoms with Crippen molar-refractivity contribution in [3.8, 4) is 0 Å². The van der Waals surface area contributed by atoms with Crippen LogP contribution in [0.15, 0.2) is 4.52 Å². The van der Waals surface area contributed by atoms with Gasteiger partial charge in [-0.25, -0.2) is 4.79 Å². The summed E-state index contributed by atoms with van der Waals surface area (Å²) in [6.45, 7) is 7.92. The summed E-state index contributed by atoms with van der Waals surface area (Å²) in [6.07, 6.45) is 4.74. The van der Waals surface area contributed by atoms with E-state index < -0.39 is 0 Å². The first-order valence-corrected chi connectivity index (χ1v) is 9.19. The van der Waals surface area contributed by atoms with Gasteiger partial charge in [0.25, 0.3) is 0 Å². The fourth-order valence-corrected chi connectivity index (χ4v) is 4.46. The Bertz CT molecular complexity index is 482. The van der Waals surface area contributed by atoms with Crippen LogP contribution in [-0.4, -0.2) is 28.2 Å². The molecule has 5 nitrogen and oxygen atoms in total. The van der Waals surface area contributed by atoms with Gasteiger partial charge in [0.15, 0.2) is 0 Å². The summed E-state index contributed by atoms with van der Waals surface area (Å²) >= 11 is 1.96. The summed E-state index contributed by atoms with van der Waals surface area (Å²) < 4.78 is 5.17. The summed E-state index contributed by atoms with van der Waals surface area (Å²) in [5.41, 5.74) is 1.81. The van der Waals surface area contributed by atoms with Crippen molar-refractivity contribution in [1.82, 2.24) is 15.8 Å². The quantitative estimate of drug-likeness (QED) is 0.866. The zero-order valence-electron chi connectivity index (χ0n) is 13.9. The number of nitrogens with one attached hydrogen (secondary N) is 2. The number of rotatable bonds is 5. The molecule has 1 aromatic heterocycles. The van der Waals surface area contributed by atoms with Crippen molar-refractivity contribution in [2.75, 3.05) is 5.75 Å². The van der Waals surface area contributed by atoms with Crippen molar-refractivity contribution < 1.29 is 9.32 Å². The Labute approximate surface area is 137 Å². The minimum atomic E-state index is -0.105. The summed E-state index contributed by atoms with van der Waals surface area (Å²) in [6, 6.07) is 0.0730. The highest BCUT2D eigenvalue weighted by molar-refractivity contribution is 7.99. The van der Waals surface area contributed by atoms with E-state index in [4.69, 9.17) is 4.52 Å². The van der Waals surface area contributed by atoms with Crippen molar-refractivity contribution in [3.63, 3.8) is 0 Å². The Hall–Kier alpha value is -1.17. The fraction of sp³-hybridized carbons (Fsp3) is 0.750. The molecule has 1 aromatic rings. The highest BCUT2D eigenvalue weighted by Crippen LogP contribution is 2.28. The summed E-state index contributed by atoms with van der Waals surface area (Å²) in [5, 5.41) is 10.7. The summed E-state index contributed by atoms with van der Waals surface area (Å²) in [7, 11) is 0. The van der Waals surface area contributed by atoms with Crippen LogP contribution < -0.4 is 10.6 Å². The third-order valence-corrected chi connectivity index (χ3v) is 5.59. The van der Waals surface area contributed by atoms with Gasteiger partial charge in [-0.1, -0.05) is 24.9 Å². The predicted molar refractivity (Wildman–Crippen MR) is 90.2 cm³/mol. The standard InChI is InChI=1S/C16H27N3O2S/c1-5-22-14-9-7-6-8-13(14)18-16(20)17-10(2)15-11(3)19-21-12(15)4/h10,13-14H,5-9H2,1-4H3,(H2,17,18,20)/t10-,13-,14-/m1/s1. The van der Waals surface area contributed by atoms with Gasteiger partial charge in [-0.3, -0.25) is 0 Å². The maximum atomic E-state index is 12.3. The number of hydrogen-bond acceptors (Lipinski definition) is 4. The van der Waals surface area contributed by atoms with E-state index in [1.165, 1.54) is 19.3 Å². The van der Waals surface area contributed by atoms with Crippen LogP contribution in [-0.2, 0) is 0 Å². The number of carbonyl (C=O) groups excluding carboxylic acids is 1. The number of carbonyl (C=O) groups is 1. The molecule has 2 N–H and O–H groups in total. The van der Waals surface area contributed by atoms with Gasteiger partial charge < -0.3 is 15.2 Å². The molecule has 0 unspecified atom stereocenters. The highest BCUT2D eigenvalue weighted by atomic mass is 32.2. The van der Waals surface area contributed by atoms with E-state index in [0.717, 1.165) is 29.2 Å². The van der Waals surface area contributed by atoms with Gasteiger partial charge in [-0.05, 0) is 39.4 Å². The van der Waals surface area contributed by atoms with Gasteiger partial charge in [0.1, 0.15) is 5.76 Å². The average Bonchev–Trinajstić information content (AvgIpc) is 2.80. The molecule has 6 heteroatoms. The zero-order valence-corrected chi connectivity index (χ0v) is 14.8. The van der Waals surface area contributed by atoms with Gasteiger partial charge >= 0.3 is 6.03 Å². The monoisotopic (exact) mass is 325 g/mol. The first-order chi connectivity index (χ1) is 10.5. The minimum Gasteiger partial charge on any atom is -0.361 e. The molecule has 0 radical (unpaired) electrons. The smallest absolute Gasteiger partial charge is 0.315 e. The SMILES string of the molecule is CCS[C@@H]1CCCC[C@H]1NC(=O)N[C@H](C)c1c(C)noc1C. The fourth-order valence-electron chi connectivity index (χ4n) is 3.26. The third-order valence-electron chi connectivity index (χ3n) is 4.27. The molecule has 1 fully saturated rings. The molecule has 22 heavy (non-hydrogen) atoms. The molecule has 1 aliphatic carbocycles. The molecule has 3 atom stereocenters. The molecule has 0 bridgehead atoms. The molecule has 124 valence electrons. The molecule has 1 heterocycles. The van der Waals surface area contributed by atoms with Gasteiger partial charge in [-0.15, -0.1) is 0 Å². The molecule has 1 saturated carbocycles. The molecule has 2 amide bonds. The van der Waals surface area contributed by atoms with Crippen molar-refractivity contribution in [2.24, 2.45) is 0 Å². The maximum Gasteiger partial charge on any atom is 0.315 e. The number of hydrogen-bond donors (Lipinski definition) is 2. The van der Waals surface area contributed by atoms with E-state index in [1.807, 2.05) is 32.5 Å². The topological polar surface area (TPSA) is 67.2 Å². The third kappa shape index (κ3) is 4.18. The largest absolute Gasteiger partial charge is 0.361 e. The Kier molecular flexibility index (Phi) is 6.17. The van der Waals surface area contributed by atoms with Crippen LogP contribution in [0.4, 0.5) is 4.79 Å². The Morgan fingerprint density at radius 1 is 1.41 bits per heavy atom. The molecule has 0 aromatic carbocycles. The highest BCUT2D eigenvalue weighted by Gasteiger charge is 2.27. The summed E-state index contributed by atoms with van der Waals surface area (Å²) in [4.78, 5) is 12.3. The Morgan fingerprint density at radius 2 is 2.14 bits per heavy atom. The molecular weight excluding hydrogens is 298 g/mol. The van der Waals surface area contributed by atoms with Crippen molar-refractivity contribution in [3.05, 3.63) is 17.0 Å². The zero-order chi connectivity index (χ0) is 16.1. The molecular formula is C16H27N3O2S. The van der Waals surface area contributed by atoms with E-state index in [-0.39, 0.29) is 18.1 Å². The number of thioether (sulfide) groups is 1. The lowest BCUT2D eigenvalue weighted by Crippen LogP contribution is -2.48. The number of urea groups is 1. The lowest BCUT2D eigenvalue weighted by molar-refractivity contribution is 0.230. The van der Waals surface area contributed by atoms with Gasteiger partial charge in [0.2, 0.25) is 0 Å². The molecule has 0 saturated heterocycles. The van der Waals surface area contributed by atoms with E-state index >= 15 is 0 Å². The lowest BCUT2D eigenvalue weighted by Gasteiger charge is -2.32. The van der Waals surface area contributed by atoms with E-state index in [2.05, 4.69) is 22.7 Å². The van der Waals surface area contributed by atoms with Gasteiger partial charge in [-0.2, -0.15) is 11.8 Å². The second-order valence-corrected chi connectivity index (χ2v) is 7.48. The van der Waals surface area contributed by atoms with Crippen molar-refractivity contribution in [1.29, 1.82) is 0 Å².